The lowest BCUT2D eigenvalue weighted by atomic mass is 10.2. The summed E-state index contributed by atoms with van der Waals surface area (Å²) in [5, 5.41) is 0. The Kier molecular flexibility index (Phi) is 3.76. The largest absolute Gasteiger partial charge is 0.465 e. The fourth-order valence-electron chi connectivity index (χ4n) is 0.522. The number of methoxy groups -OCH3 is 1. The van der Waals surface area contributed by atoms with Gasteiger partial charge in [-0.3, -0.25) is 4.79 Å². The van der Waals surface area contributed by atoms with Crippen molar-refractivity contribution in [1.29, 1.82) is 0 Å². The SMILES string of the molecule is C=C(/C=C(\C)C(N)=O)C(=O)OC. The first-order chi connectivity index (χ1) is 5.49. The lowest BCUT2D eigenvalue weighted by Crippen LogP contribution is -2.12. The summed E-state index contributed by atoms with van der Waals surface area (Å²) in [7, 11) is 1.24. The molecule has 0 spiro atoms. The van der Waals surface area contributed by atoms with E-state index in [0.29, 0.717) is 0 Å². The van der Waals surface area contributed by atoms with Crippen molar-refractivity contribution in [1.82, 2.24) is 0 Å². The normalized spacial score (nSPS) is 10.7. The zero-order valence-corrected chi connectivity index (χ0v) is 7.09. The molecule has 0 unspecified atom stereocenters. The van der Waals surface area contributed by atoms with E-state index in [2.05, 4.69) is 11.3 Å². The highest BCUT2D eigenvalue weighted by atomic mass is 16.5. The Morgan fingerprint density at radius 2 is 2.00 bits per heavy atom. The number of rotatable bonds is 3. The molecule has 0 aliphatic rings. The molecule has 0 saturated carbocycles. The first-order valence-electron chi connectivity index (χ1n) is 3.24. The Morgan fingerprint density at radius 3 is 2.33 bits per heavy atom. The average Bonchev–Trinajstić information content (AvgIpc) is 2.02. The number of nitrogens with two attached hydrogens (primary N) is 1. The standard InChI is InChI=1S/C8H11NO3/c1-5(7(9)10)4-6(2)8(11)12-3/h4H,2H2,1,3H3,(H2,9,10)/b5-4+. The second-order valence-corrected chi connectivity index (χ2v) is 2.21. The van der Waals surface area contributed by atoms with E-state index in [1.165, 1.54) is 20.1 Å². The first-order valence-corrected chi connectivity index (χ1v) is 3.24. The minimum atomic E-state index is -0.583. The van der Waals surface area contributed by atoms with Gasteiger partial charge in [0.25, 0.3) is 0 Å². The Bertz CT molecular complexity index is 253. The van der Waals surface area contributed by atoms with Crippen molar-refractivity contribution in [2.45, 2.75) is 6.92 Å². The molecule has 0 aliphatic carbocycles. The summed E-state index contributed by atoms with van der Waals surface area (Å²) in [6, 6.07) is 0. The van der Waals surface area contributed by atoms with E-state index in [4.69, 9.17) is 5.73 Å². The predicted molar refractivity (Wildman–Crippen MR) is 44.1 cm³/mol. The number of hydrogen-bond donors (Lipinski definition) is 1. The minimum absolute atomic E-state index is 0.105. The Balaban J connectivity index is 4.44. The van der Waals surface area contributed by atoms with Crippen molar-refractivity contribution in [3.8, 4) is 0 Å². The van der Waals surface area contributed by atoms with Crippen LogP contribution in [-0.2, 0) is 14.3 Å². The van der Waals surface area contributed by atoms with Crippen molar-refractivity contribution in [3.63, 3.8) is 0 Å². The summed E-state index contributed by atoms with van der Waals surface area (Å²) in [4.78, 5) is 21.3. The molecule has 0 atom stereocenters. The summed E-state index contributed by atoms with van der Waals surface area (Å²) in [6.45, 7) is 4.89. The van der Waals surface area contributed by atoms with Gasteiger partial charge in [-0.15, -0.1) is 0 Å². The van der Waals surface area contributed by atoms with Crippen LogP contribution in [0, 0.1) is 0 Å². The molecule has 0 aromatic rings. The van der Waals surface area contributed by atoms with Crippen molar-refractivity contribution in [2.75, 3.05) is 7.11 Å². The van der Waals surface area contributed by atoms with E-state index in [1.54, 1.807) is 0 Å². The second kappa shape index (κ2) is 4.33. The van der Waals surface area contributed by atoms with E-state index in [9.17, 15) is 9.59 Å². The molecular weight excluding hydrogens is 158 g/mol. The van der Waals surface area contributed by atoms with Crippen LogP contribution in [0.2, 0.25) is 0 Å². The number of ether oxygens (including phenoxy) is 1. The van der Waals surface area contributed by atoms with Crippen molar-refractivity contribution >= 4 is 11.9 Å². The molecule has 0 fully saturated rings. The van der Waals surface area contributed by atoms with Gasteiger partial charge >= 0.3 is 5.97 Å². The Labute approximate surface area is 70.7 Å². The molecule has 2 N–H and O–H groups in total. The summed E-state index contributed by atoms with van der Waals surface area (Å²) >= 11 is 0. The van der Waals surface area contributed by atoms with E-state index >= 15 is 0 Å². The zero-order chi connectivity index (χ0) is 9.72. The van der Waals surface area contributed by atoms with Crippen LogP contribution in [0.1, 0.15) is 6.92 Å². The number of primary amides is 1. The highest BCUT2D eigenvalue weighted by Gasteiger charge is 2.05. The van der Waals surface area contributed by atoms with Crippen LogP contribution in [0.3, 0.4) is 0 Å². The maximum Gasteiger partial charge on any atom is 0.337 e. The van der Waals surface area contributed by atoms with Crippen LogP contribution in [0.4, 0.5) is 0 Å². The maximum absolute atomic E-state index is 10.8. The van der Waals surface area contributed by atoms with Crippen LogP contribution in [0.5, 0.6) is 0 Å². The van der Waals surface area contributed by atoms with Crippen molar-refractivity contribution in [3.05, 3.63) is 23.8 Å². The van der Waals surface area contributed by atoms with Crippen molar-refractivity contribution in [2.24, 2.45) is 5.73 Å². The number of amides is 1. The fourth-order valence-corrected chi connectivity index (χ4v) is 0.522. The number of hydrogen-bond acceptors (Lipinski definition) is 3. The topological polar surface area (TPSA) is 69.4 Å². The van der Waals surface area contributed by atoms with Gasteiger partial charge in [0.15, 0.2) is 0 Å². The molecular formula is C8H11NO3. The van der Waals surface area contributed by atoms with Gasteiger partial charge in [-0.05, 0) is 13.0 Å². The molecule has 0 aromatic heterocycles. The number of carbonyl (C=O) groups excluding carboxylic acids is 2. The van der Waals surface area contributed by atoms with Gasteiger partial charge in [0, 0.05) is 5.57 Å². The van der Waals surface area contributed by atoms with Crippen LogP contribution in [0.25, 0.3) is 0 Å². The summed E-state index contributed by atoms with van der Waals surface area (Å²) in [6.07, 6.45) is 1.29. The van der Waals surface area contributed by atoms with Gasteiger partial charge in [0.1, 0.15) is 0 Å². The number of carbonyl (C=O) groups is 2. The molecule has 0 rings (SSSR count). The molecule has 0 heterocycles. The summed E-state index contributed by atoms with van der Waals surface area (Å²) < 4.78 is 4.36. The zero-order valence-electron chi connectivity index (χ0n) is 7.09. The van der Waals surface area contributed by atoms with E-state index in [-0.39, 0.29) is 11.1 Å². The predicted octanol–water partition coefficient (Wildman–Crippen LogP) is 0.147. The minimum Gasteiger partial charge on any atom is -0.465 e. The highest BCUT2D eigenvalue weighted by molar-refractivity contribution is 5.96. The highest BCUT2D eigenvalue weighted by Crippen LogP contribution is 2.00. The van der Waals surface area contributed by atoms with Crippen LogP contribution in [0.15, 0.2) is 23.8 Å². The molecule has 0 bridgehead atoms. The maximum atomic E-state index is 10.8. The molecule has 0 radical (unpaired) electrons. The summed E-state index contributed by atoms with van der Waals surface area (Å²) in [5.74, 6) is -1.16. The molecule has 0 aromatic carbocycles. The van der Waals surface area contributed by atoms with Gasteiger partial charge < -0.3 is 10.5 Å². The molecule has 4 heteroatoms. The third-order valence-electron chi connectivity index (χ3n) is 1.23. The molecule has 0 saturated heterocycles. The Hall–Kier alpha value is -1.58. The lowest BCUT2D eigenvalue weighted by Gasteiger charge is -1.98. The van der Waals surface area contributed by atoms with Gasteiger partial charge in [-0.2, -0.15) is 0 Å². The number of esters is 1. The third kappa shape index (κ3) is 3.01. The monoisotopic (exact) mass is 169 g/mol. The molecule has 1 amide bonds. The molecule has 4 nitrogen and oxygen atoms in total. The summed E-state index contributed by atoms with van der Waals surface area (Å²) in [5.41, 5.74) is 5.30. The van der Waals surface area contributed by atoms with E-state index in [0.717, 1.165) is 0 Å². The third-order valence-corrected chi connectivity index (χ3v) is 1.23. The van der Waals surface area contributed by atoms with Crippen LogP contribution < -0.4 is 5.73 Å². The van der Waals surface area contributed by atoms with Crippen molar-refractivity contribution < 1.29 is 14.3 Å². The molecule has 66 valence electrons. The quantitative estimate of drug-likeness (QED) is 0.371. The average molecular weight is 169 g/mol. The first kappa shape index (κ1) is 10.4. The van der Waals surface area contributed by atoms with Crippen LogP contribution >= 0.6 is 0 Å². The van der Waals surface area contributed by atoms with E-state index in [1.807, 2.05) is 0 Å². The fraction of sp³-hybridized carbons (Fsp3) is 0.250. The second-order valence-electron chi connectivity index (χ2n) is 2.21. The Morgan fingerprint density at radius 1 is 1.50 bits per heavy atom. The molecule has 12 heavy (non-hydrogen) atoms. The van der Waals surface area contributed by atoms with Crippen LogP contribution in [-0.4, -0.2) is 19.0 Å². The lowest BCUT2D eigenvalue weighted by molar-refractivity contribution is -0.135. The van der Waals surface area contributed by atoms with Gasteiger partial charge in [-0.1, -0.05) is 6.58 Å². The van der Waals surface area contributed by atoms with Gasteiger partial charge in [0.2, 0.25) is 5.91 Å². The van der Waals surface area contributed by atoms with Gasteiger partial charge in [-0.25, -0.2) is 4.79 Å². The molecule has 0 aliphatic heterocycles. The van der Waals surface area contributed by atoms with E-state index < -0.39 is 11.9 Å². The van der Waals surface area contributed by atoms with Gasteiger partial charge in [0.05, 0.1) is 12.7 Å². The smallest absolute Gasteiger partial charge is 0.337 e.